The molecule has 0 amide bonds. The Balaban J connectivity index is 2.83. The summed E-state index contributed by atoms with van der Waals surface area (Å²) in [4.78, 5) is 10.6. The number of aliphatic carboxylic acids is 1. The van der Waals surface area contributed by atoms with Crippen molar-refractivity contribution >= 4 is 23.3 Å². The average molecular weight is 259 g/mol. The first kappa shape index (κ1) is 13.6. The lowest BCUT2D eigenvalue weighted by Crippen LogP contribution is -2.37. The summed E-state index contributed by atoms with van der Waals surface area (Å²) in [7, 11) is 1.53. The van der Waals surface area contributed by atoms with Crippen LogP contribution in [0, 0.1) is 6.92 Å². The van der Waals surface area contributed by atoms with Crippen molar-refractivity contribution in [2.75, 3.05) is 19.0 Å². The van der Waals surface area contributed by atoms with Gasteiger partial charge in [0, 0.05) is 11.6 Å². The molecule has 94 valence electrons. The lowest BCUT2D eigenvalue weighted by atomic mass is 10.2. The first-order valence-corrected chi connectivity index (χ1v) is 5.40. The Morgan fingerprint density at radius 2 is 2.29 bits per heavy atom. The highest BCUT2D eigenvalue weighted by Gasteiger charge is 2.13. The van der Waals surface area contributed by atoms with Crippen molar-refractivity contribution in [1.29, 1.82) is 0 Å². The topological polar surface area (TPSA) is 84.6 Å². The summed E-state index contributed by atoms with van der Waals surface area (Å²) < 4.78 is 5.16. The van der Waals surface area contributed by atoms with Crippen LogP contribution in [0.5, 0.6) is 5.75 Å². The summed E-state index contributed by atoms with van der Waals surface area (Å²) in [5.74, 6) is -0.459. The van der Waals surface area contributed by atoms with E-state index in [0.29, 0.717) is 16.5 Å². The van der Waals surface area contributed by atoms with Crippen LogP contribution < -0.4 is 15.8 Å². The number of ether oxygens (including phenoxy) is 1. The van der Waals surface area contributed by atoms with Gasteiger partial charge in [-0.1, -0.05) is 11.6 Å². The summed E-state index contributed by atoms with van der Waals surface area (Å²) in [6.07, 6.45) is 0. The molecular formula is C11H15ClN2O3. The number of benzene rings is 1. The Kier molecular flexibility index (Phi) is 4.60. The summed E-state index contributed by atoms with van der Waals surface area (Å²) in [5, 5.41) is 12.1. The van der Waals surface area contributed by atoms with Crippen LogP contribution in [0.3, 0.4) is 0 Å². The van der Waals surface area contributed by atoms with E-state index >= 15 is 0 Å². The van der Waals surface area contributed by atoms with Gasteiger partial charge >= 0.3 is 5.97 Å². The molecule has 6 heteroatoms. The standard InChI is InChI=1S/C11H15ClN2O3/c1-6-3-10(17-2)9(4-7(6)12)14-5-8(13)11(15)16/h3-4,8,14H,5,13H2,1-2H3,(H,15,16). The Morgan fingerprint density at radius 1 is 1.65 bits per heavy atom. The molecule has 17 heavy (non-hydrogen) atoms. The number of nitrogens with one attached hydrogen (secondary N) is 1. The van der Waals surface area contributed by atoms with Crippen LogP contribution in [0.2, 0.25) is 5.02 Å². The number of hydrogen-bond acceptors (Lipinski definition) is 4. The van der Waals surface area contributed by atoms with Crippen molar-refractivity contribution in [3.8, 4) is 5.75 Å². The molecule has 5 nitrogen and oxygen atoms in total. The Hall–Kier alpha value is -1.46. The van der Waals surface area contributed by atoms with Crippen LogP contribution in [-0.4, -0.2) is 30.8 Å². The molecule has 0 heterocycles. The molecule has 0 saturated heterocycles. The van der Waals surface area contributed by atoms with E-state index in [1.807, 2.05) is 6.92 Å². The van der Waals surface area contributed by atoms with Gasteiger partial charge in [-0.2, -0.15) is 0 Å². The largest absolute Gasteiger partial charge is 0.495 e. The number of halogens is 1. The number of methoxy groups -OCH3 is 1. The lowest BCUT2D eigenvalue weighted by Gasteiger charge is -2.14. The molecule has 4 N–H and O–H groups in total. The smallest absolute Gasteiger partial charge is 0.322 e. The fourth-order valence-electron chi connectivity index (χ4n) is 1.27. The molecule has 0 aliphatic carbocycles. The third-order valence-electron chi connectivity index (χ3n) is 2.31. The van der Waals surface area contributed by atoms with Crippen molar-refractivity contribution in [3.05, 3.63) is 22.7 Å². The third-order valence-corrected chi connectivity index (χ3v) is 2.72. The maximum atomic E-state index is 10.6. The number of rotatable bonds is 5. The molecule has 0 aromatic heterocycles. The van der Waals surface area contributed by atoms with Gasteiger partial charge in [-0.25, -0.2) is 0 Å². The van der Waals surface area contributed by atoms with Crippen LogP contribution in [0.1, 0.15) is 5.56 Å². The van der Waals surface area contributed by atoms with E-state index in [1.54, 1.807) is 12.1 Å². The lowest BCUT2D eigenvalue weighted by molar-refractivity contribution is -0.138. The minimum Gasteiger partial charge on any atom is -0.495 e. The maximum absolute atomic E-state index is 10.6. The number of aryl methyl sites for hydroxylation is 1. The molecular weight excluding hydrogens is 244 g/mol. The fourth-order valence-corrected chi connectivity index (χ4v) is 1.43. The van der Waals surface area contributed by atoms with Gasteiger partial charge in [0.15, 0.2) is 0 Å². The Bertz CT molecular complexity index is 423. The van der Waals surface area contributed by atoms with Crippen LogP contribution in [0.4, 0.5) is 5.69 Å². The van der Waals surface area contributed by atoms with Crippen molar-refractivity contribution in [2.45, 2.75) is 13.0 Å². The van der Waals surface area contributed by atoms with Gasteiger partial charge in [0.25, 0.3) is 0 Å². The monoisotopic (exact) mass is 258 g/mol. The van der Waals surface area contributed by atoms with Crippen LogP contribution in [-0.2, 0) is 4.79 Å². The van der Waals surface area contributed by atoms with E-state index in [-0.39, 0.29) is 6.54 Å². The summed E-state index contributed by atoms with van der Waals surface area (Å²) in [6.45, 7) is 1.96. The number of carboxylic acids is 1. The third kappa shape index (κ3) is 3.51. The van der Waals surface area contributed by atoms with E-state index < -0.39 is 12.0 Å². The molecule has 0 spiro atoms. The van der Waals surface area contributed by atoms with Crippen LogP contribution >= 0.6 is 11.6 Å². The van der Waals surface area contributed by atoms with Crippen molar-refractivity contribution < 1.29 is 14.6 Å². The minimum absolute atomic E-state index is 0.102. The Labute approximate surface area is 105 Å². The molecule has 0 aliphatic rings. The zero-order valence-electron chi connectivity index (χ0n) is 9.66. The number of anilines is 1. The second-order valence-corrected chi connectivity index (χ2v) is 4.03. The number of nitrogens with two attached hydrogens (primary N) is 1. The van der Waals surface area contributed by atoms with E-state index in [0.717, 1.165) is 5.56 Å². The zero-order chi connectivity index (χ0) is 13.0. The van der Waals surface area contributed by atoms with Crippen LogP contribution in [0.25, 0.3) is 0 Å². The molecule has 0 fully saturated rings. The van der Waals surface area contributed by atoms with Gasteiger partial charge in [-0.3, -0.25) is 4.79 Å². The molecule has 1 atom stereocenters. The van der Waals surface area contributed by atoms with E-state index in [1.165, 1.54) is 7.11 Å². The highest BCUT2D eigenvalue weighted by molar-refractivity contribution is 6.31. The SMILES string of the molecule is COc1cc(C)c(Cl)cc1NCC(N)C(=O)O. The van der Waals surface area contributed by atoms with Gasteiger partial charge in [0.05, 0.1) is 12.8 Å². The molecule has 1 aromatic carbocycles. The van der Waals surface area contributed by atoms with Crippen molar-refractivity contribution in [2.24, 2.45) is 5.73 Å². The Morgan fingerprint density at radius 3 is 2.82 bits per heavy atom. The van der Waals surface area contributed by atoms with Gasteiger partial charge in [-0.15, -0.1) is 0 Å². The van der Waals surface area contributed by atoms with Gasteiger partial charge in [0.1, 0.15) is 11.8 Å². The van der Waals surface area contributed by atoms with Crippen molar-refractivity contribution in [3.63, 3.8) is 0 Å². The number of carboxylic acid groups (broad SMARTS) is 1. The second kappa shape index (κ2) is 5.75. The summed E-state index contributed by atoms with van der Waals surface area (Å²) >= 11 is 5.98. The molecule has 0 bridgehead atoms. The zero-order valence-corrected chi connectivity index (χ0v) is 10.4. The highest BCUT2D eigenvalue weighted by atomic mass is 35.5. The van der Waals surface area contributed by atoms with Crippen molar-refractivity contribution in [1.82, 2.24) is 0 Å². The van der Waals surface area contributed by atoms with E-state index in [4.69, 9.17) is 27.2 Å². The quantitative estimate of drug-likeness (QED) is 0.745. The van der Waals surface area contributed by atoms with Gasteiger partial charge in [-0.05, 0) is 24.6 Å². The molecule has 1 aromatic rings. The highest BCUT2D eigenvalue weighted by Crippen LogP contribution is 2.30. The molecule has 0 radical (unpaired) electrons. The fraction of sp³-hybridized carbons (Fsp3) is 0.364. The normalized spacial score (nSPS) is 12.0. The predicted octanol–water partition coefficient (Wildman–Crippen LogP) is 1.48. The molecule has 1 rings (SSSR count). The van der Waals surface area contributed by atoms with Gasteiger partial charge < -0.3 is 20.9 Å². The molecule has 0 aliphatic heterocycles. The molecule has 1 unspecified atom stereocenters. The van der Waals surface area contributed by atoms with Crippen LogP contribution in [0.15, 0.2) is 12.1 Å². The van der Waals surface area contributed by atoms with E-state index in [9.17, 15) is 4.79 Å². The number of hydrogen-bond donors (Lipinski definition) is 3. The molecule has 0 saturated carbocycles. The second-order valence-electron chi connectivity index (χ2n) is 3.63. The maximum Gasteiger partial charge on any atom is 0.322 e. The average Bonchev–Trinajstić information content (AvgIpc) is 2.29. The minimum atomic E-state index is -1.06. The predicted molar refractivity (Wildman–Crippen MR) is 66.8 cm³/mol. The number of carbonyl (C=O) groups is 1. The summed E-state index contributed by atoms with van der Waals surface area (Å²) in [5.41, 5.74) is 6.90. The first-order chi connectivity index (χ1) is 7.95. The first-order valence-electron chi connectivity index (χ1n) is 5.02. The van der Waals surface area contributed by atoms with Gasteiger partial charge in [0.2, 0.25) is 0 Å². The van der Waals surface area contributed by atoms with E-state index in [2.05, 4.69) is 5.32 Å². The summed E-state index contributed by atoms with van der Waals surface area (Å²) in [6, 6.07) is 2.49.